The van der Waals surface area contributed by atoms with Crippen LogP contribution in [0.15, 0.2) is 12.1 Å². The average molecular weight is 407 g/mol. The molecule has 1 aliphatic carbocycles. The summed E-state index contributed by atoms with van der Waals surface area (Å²) in [6, 6.07) is 2.59. The molecular formula is C19H18FNO6S. The number of carbonyl (C=O) groups is 3. The van der Waals surface area contributed by atoms with Crippen molar-refractivity contribution in [3.63, 3.8) is 0 Å². The lowest BCUT2D eigenvalue weighted by Crippen LogP contribution is -2.12. The first-order valence-electron chi connectivity index (χ1n) is 8.36. The van der Waals surface area contributed by atoms with Crippen LogP contribution in [-0.2, 0) is 16.1 Å². The molecule has 0 bridgehead atoms. The molecule has 3 rings (SSSR count). The van der Waals surface area contributed by atoms with Crippen molar-refractivity contribution in [2.75, 3.05) is 20.0 Å². The summed E-state index contributed by atoms with van der Waals surface area (Å²) < 4.78 is 29.4. The second-order valence-corrected chi connectivity index (χ2v) is 7.34. The van der Waals surface area contributed by atoms with E-state index in [1.807, 2.05) is 0 Å². The molecule has 0 saturated carbocycles. The molecule has 2 N–H and O–H groups in total. The van der Waals surface area contributed by atoms with Crippen LogP contribution in [0.5, 0.6) is 5.75 Å². The Balaban J connectivity index is 2.01. The molecule has 2 aromatic rings. The van der Waals surface area contributed by atoms with Crippen LogP contribution in [0.1, 0.15) is 60.8 Å². The molecule has 0 amide bonds. The maximum Gasteiger partial charge on any atom is 0.348 e. The zero-order valence-electron chi connectivity index (χ0n) is 15.5. The largest absolute Gasteiger partial charge is 0.488 e. The van der Waals surface area contributed by atoms with Crippen molar-refractivity contribution in [1.29, 1.82) is 0 Å². The standard InChI is InChI=1S/C19H18FNO6S/c1-8-6-11(22)15-12(5-4-10(20)13(8)15)27-7-9-14(18(23)25-2)17(21)28-16(9)19(24)26-3/h4-5,8H,6-7,21H2,1-3H3/t8-/m1/s1. The van der Waals surface area contributed by atoms with Crippen molar-refractivity contribution < 1.29 is 33.0 Å². The zero-order valence-corrected chi connectivity index (χ0v) is 16.3. The van der Waals surface area contributed by atoms with Gasteiger partial charge in [0.2, 0.25) is 0 Å². The summed E-state index contributed by atoms with van der Waals surface area (Å²) in [7, 11) is 2.39. The Hall–Kier alpha value is -2.94. The number of nitrogens with two attached hydrogens (primary N) is 1. The lowest BCUT2D eigenvalue weighted by Gasteiger charge is -2.13. The van der Waals surface area contributed by atoms with Gasteiger partial charge in [0.15, 0.2) is 5.78 Å². The molecule has 28 heavy (non-hydrogen) atoms. The number of rotatable bonds is 5. The lowest BCUT2D eigenvalue weighted by atomic mass is 10.0. The highest BCUT2D eigenvalue weighted by molar-refractivity contribution is 7.18. The highest BCUT2D eigenvalue weighted by atomic mass is 32.1. The summed E-state index contributed by atoms with van der Waals surface area (Å²) in [5, 5.41) is 0.0832. The molecule has 0 saturated heterocycles. The quantitative estimate of drug-likeness (QED) is 0.758. The van der Waals surface area contributed by atoms with E-state index in [9.17, 15) is 18.8 Å². The van der Waals surface area contributed by atoms with Gasteiger partial charge in [-0.1, -0.05) is 6.92 Å². The molecule has 1 aliphatic rings. The summed E-state index contributed by atoms with van der Waals surface area (Å²) in [5.74, 6) is -2.16. The second-order valence-electron chi connectivity index (χ2n) is 6.28. The van der Waals surface area contributed by atoms with Crippen LogP contribution in [0.3, 0.4) is 0 Å². The summed E-state index contributed by atoms with van der Waals surface area (Å²) in [5.41, 5.74) is 6.58. The van der Waals surface area contributed by atoms with Crippen molar-refractivity contribution in [1.82, 2.24) is 0 Å². The number of thiophene rings is 1. The van der Waals surface area contributed by atoms with Gasteiger partial charge in [-0.05, 0) is 18.1 Å². The van der Waals surface area contributed by atoms with Gasteiger partial charge in [0.1, 0.15) is 33.6 Å². The third-order valence-electron chi connectivity index (χ3n) is 4.58. The van der Waals surface area contributed by atoms with Crippen LogP contribution in [0.2, 0.25) is 0 Å². The second kappa shape index (κ2) is 7.59. The summed E-state index contributed by atoms with van der Waals surface area (Å²) in [6.45, 7) is 1.52. The molecule has 7 nitrogen and oxygen atoms in total. The summed E-state index contributed by atoms with van der Waals surface area (Å²) >= 11 is 0.877. The topological polar surface area (TPSA) is 105 Å². The molecule has 1 atom stereocenters. The van der Waals surface area contributed by atoms with E-state index in [4.69, 9.17) is 19.9 Å². The maximum atomic E-state index is 14.1. The Morgan fingerprint density at radius 1 is 1.25 bits per heavy atom. The van der Waals surface area contributed by atoms with Gasteiger partial charge < -0.3 is 19.9 Å². The van der Waals surface area contributed by atoms with Crippen LogP contribution in [0, 0.1) is 5.82 Å². The minimum absolute atomic E-state index is 0.00588. The van der Waals surface area contributed by atoms with Gasteiger partial charge in [-0.2, -0.15) is 0 Å². The first-order valence-corrected chi connectivity index (χ1v) is 9.17. The molecule has 1 aromatic heterocycles. The first kappa shape index (κ1) is 19.8. The number of methoxy groups -OCH3 is 2. The number of fused-ring (bicyclic) bond motifs is 1. The number of esters is 2. The first-order chi connectivity index (χ1) is 13.3. The average Bonchev–Trinajstić information content (AvgIpc) is 3.16. The third kappa shape index (κ3) is 3.22. The highest BCUT2D eigenvalue weighted by Crippen LogP contribution is 2.40. The fraction of sp³-hybridized carbons (Fsp3) is 0.316. The maximum absolute atomic E-state index is 14.1. The fourth-order valence-electron chi connectivity index (χ4n) is 3.30. The number of Topliss-reactive ketones (excluding diaryl/α,β-unsaturated/α-hetero) is 1. The SMILES string of the molecule is COC(=O)c1sc(N)c(C(=O)OC)c1COc1ccc(F)c2c1C(=O)C[C@H]2C. The molecule has 1 aromatic carbocycles. The van der Waals surface area contributed by atoms with E-state index >= 15 is 0 Å². The van der Waals surface area contributed by atoms with Crippen molar-refractivity contribution in [3.8, 4) is 5.75 Å². The summed E-state index contributed by atoms with van der Waals surface area (Å²) in [6.07, 6.45) is 0.193. The number of anilines is 1. The van der Waals surface area contributed by atoms with Crippen LogP contribution in [-0.4, -0.2) is 31.9 Å². The smallest absolute Gasteiger partial charge is 0.348 e. The van der Waals surface area contributed by atoms with E-state index in [1.54, 1.807) is 6.92 Å². The Morgan fingerprint density at radius 3 is 2.57 bits per heavy atom. The van der Waals surface area contributed by atoms with Crippen LogP contribution < -0.4 is 10.5 Å². The normalized spacial score (nSPS) is 15.3. The Labute approximate surface area is 164 Å². The van der Waals surface area contributed by atoms with Gasteiger partial charge in [0.25, 0.3) is 0 Å². The molecule has 148 valence electrons. The van der Waals surface area contributed by atoms with Gasteiger partial charge in [-0.15, -0.1) is 11.3 Å². The Kier molecular flexibility index (Phi) is 5.37. The van der Waals surface area contributed by atoms with Gasteiger partial charge in [0.05, 0.1) is 19.8 Å². The van der Waals surface area contributed by atoms with E-state index < -0.39 is 17.8 Å². The third-order valence-corrected chi connectivity index (χ3v) is 5.63. The number of hydrogen-bond acceptors (Lipinski definition) is 8. The summed E-state index contributed by atoms with van der Waals surface area (Å²) in [4.78, 5) is 36.6. The molecule has 0 fully saturated rings. The lowest BCUT2D eigenvalue weighted by molar-refractivity contribution is 0.0598. The Bertz CT molecular complexity index is 983. The zero-order chi connectivity index (χ0) is 20.6. The van der Waals surface area contributed by atoms with Crippen LogP contribution in [0.25, 0.3) is 0 Å². The van der Waals surface area contributed by atoms with Gasteiger partial charge in [-0.25, -0.2) is 14.0 Å². The minimum atomic E-state index is -0.725. The number of nitrogen functional groups attached to an aromatic ring is 1. The monoisotopic (exact) mass is 407 g/mol. The number of ether oxygens (including phenoxy) is 3. The molecule has 9 heteroatoms. The van der Waals surface area contributed by atoms with E-state index in [0.29, 0.717) is 5.56 Å². The molecule has 1 heterocycles. The highest BCUT2D eigenvalue weighted by Gasteiger charge is 2.33. The number of benzene rings is 1. The van der Waals surface area contributed by atoms with Gasteiger partial charge in [-0.3, -0.25) is 4.79 Å². The van der Waals surface area contributed by atoms with Crippen LogP contribution >= 0.6 is 11.3 Å². The van der Waals surface area contributed by atoms with Crippen molar-refractivity contribution in [3.05, 3.63) is 45.1 Å². The molecule has 0 unspecified atom stereocenters. The van der Waals surface area contributed by atoms with Gasteiger partial charge >= 0.3 is 11.9 Å². The van der Waals surface area contributed by atoms with E-state index in [-0.39, 0.29) is 57.0 Å². The number of halogens is 1. The molecule has 0 aliphatic heterocycles. The minimum Gasteiger partial charge on any atom is -0.488 e. The predicted octanol–water partition coefficient (Wildman–Crippen LogP) is 3.31. The molecular weight excluding hydrogens is 389 g/mol. The molecule has 0 spiro atoms. The van der Waals surface area contributed by atoms with Crippen LogP contribution in [0.4, 0.5) is 9.39 Å². The van der Waals surface area contributed by atoms with E-state index in [0.717, 1.165) is 11.3 Å². The van der Waals surface area contributed by atoms with E-state index in [1.165, 1.54) is 26.4 Å². The fourth-order valence-corrected chi connectivity index (χ4v) is 4.28. The van der Waals surface area contributed by atoms with Crippen molar-refractivity contribution in [2.45, 2.75) is 25.9 Å². The number of carbonyl (C=O) groups excluding carboxylic acids is 3. The van der Waals surface area contributed by atoms with Crippen molar-refractivity contribution >= 4 is 34.1 Å². The van der Waals surface area contributed by atoms with Crippen molar-refractivity contribution in [2.24, 2.45) is 0 Å². The molecule has 0 radical (unpaired) electrons. The van der Waals surface area contributed by atoms with Gasteiger partial charge in [0, 0.05) is 17.5 Å². The number of ketones is 1. The number of hydrogen-bond donors (Lipinski definition) is 1. The Morgan fingerprint density at radius 2 is 1.93 bits per heavy atom. The predicted molar refractivity (Wildman–Crippen MR) is 99.5 cm³/mol. The van der Waals surface area contributed by atoms with E-state index in [2.05, 4.69) is 0 Å².